The van der Waals surface area contributed by atoms with Crippen molar-refractivity contribution in [2.45, 2.75) is 6.42 Å². The van der Waals surface area contributed by atoms with Gasteiger partial charge in [-0.25, -0.2) is 4.39 Å². The second-order valence-electron chi connectivity index (χ2n) is 4.16. The highest BCUT2D eigenvalue weighted by Crippen LogP contribution is 2.27. The summed E-state index contributed by atoms with van der Waals surface area (Å²) in [6.07, 6.45) is 0.0545. The van der Waals surface area contributed by atoms with Crippen LogP contribution in [-0.4, -0.2) is 12.9 Å². The van der Waals surface area contributed by atoms with Crippen LogP contribution in [0.2, 0.25) is 5.02 Å². The predicted octanol–water partition coefficient (Wildman–Crippen LogP) is 4.68. The molecule has 2 aromatic carbocycles. The standard InChI is InChI=1S/C15H11BrClFO2/c1-20-15-5-3-2-4-9(15)6-14(19)10-7-12(17)11(16)8-13(10)18/h2-5,7-8H,6H2,1H3. The molecule has 104 valence electrons. The number of para-hydroxylation sites is 1. The molecule has 2 nitrogen and oxygen atoms in total. The van der Waals surface area contributed by atoms with Gasteiger partial charge in [0.1, 0.15) is 11.6 Å². The van der Waals surface area contributed by atoms with Crippen LogP contribution >= 0.6 is 27.5 Å². The van der Waals surface area contributed by atoms with Crippen LogP contribution in [0.15, 0.2) is 40.9 Å². The molecule has 0 aliphatic rings. The maximum atomic E-state index is 13.8. The van der Waals surface area contributed by atoms with E-state index in [1.807, 2.05) is 6.07 Å². The Morgan fingerprint density at radius 1 is 1.35 bits per heavy atom. The summed E-state index contributed by atoms with van der Waals surface area (Å²) in [5, 5.41) is 0.301. The fraction of sp³-hybridized carbons (Fsp3) is 0.133. The van der Waals surface area contributed by atoms with Gasteiger partial charge in [-0.3, -0.25) is 4.79 Å². The van der Waals surface area contributed by atoms with Crippen molar-refractivity contribution in [3.05, 3.63) is 62.8 Å². The molecule has 0 aliphatic heterocycles. The molecule has 20 heavy (non-hydrogen) atoms. The lowest BCUT2D eigenvalue weighted by molar-refractivity contribution is 0.0988. The molecule has 2 aromatic rings. The molecule has 0 aliphatic carbocycles. The van der Waals surface area contributed by atoms with Crippen molar-refractivity contribution in [1.29, 1.82) is 0 Å². The molecule has 0 heterocycles. The summed E-state index contributed by atoms with van der Waals surface area (Å²) in [5.41, 5.74) is 0.683. The van der Waals surface area contributed by atoms with E-state index in [1.165, 1.54) is 19.2 Å². The van der Waals surface area contributed by atoms with E-state index >= 15 is 0 Å². The van der Waals surface area contributed by atoms with Crippen molar-refractivity contribution in [3.8, 4) is 5.75 Å². The molecule has 0 fully saturated rings. The third-order valence-electron chi connectivity index (χ3n) is 2.85. The van der Waals surface area contributed by atoms with Gasteiger partial charge in [-0.05, 0) is 34.1 Å². The molecule has 0 saturated heterocycles. The third kappa shape index (κ3) is 3.19. The van der Waals surface area contributed by atoms with E-state index < -0.39 is 5.82 Å². The Morgan fingerprint density at radius 2 is 2.05 bits per heavy atom. The number of hydrogen-bond acceptors (Lipinski definition) is 2. The zero-order chi connectivity index (χ0) is 14.7. The van der Waals surface area contributed by atoms with Gasteiger partial charge in [0.15, 0.2) is 5.78 Å². The molecule has 0 saturated carbocycles. The molecule has 2 rings (SSSR count). The molecule has 0 amide bonds. The highest BCUT2D eigenvalue weighted by molar-refractivity contribution is 9.10. The van der Waals surface area contributed by atoms with Crippen LogP contribution in [0.4, 0.5) is 4.39 Å². The van der Waals surface area contributed by atoms with Crippen LogP contribution in [-0.2, 0) is 6.42 Å². The Bertz CT molecular complexity index is 658. The van der Waals surface area contributed by atoms with Gasteiger partial charge >= 0.3 is 0 Å². The molecule has 0 unspecified atom stereocenters. The van der Waals surface area contributed by atoms with Crippen molar-refractivity contribution in [2.24, 2.45) is 0 Å². The van der Waals surface area contributed by atoms with Crippen molar-refractivity contribution >= 4 is 33.3 Å². The summed E-state index contributed by atoms with van der Waals surface area (Å²) in [5.74, 6) is -0.341. The minimum atomic E-state index is -0.596. The van der Waals surface area contributed by atoms with E-state index in [1.54, 1.807) is 18.2 Å². The summed E-state index contributed by atoms with van der Waals surface area (Å²) in [4.78, 5) is 12.2. The number of rotatable bonds is 4. The maximum Gasteiger partial charge on any atom is 0.170 e. The number of halogens is 3. The largest absolute Gasteiger partial charge is 0.496 e. The lowest BCUT2D eigenvalue weighted by atomic mass is 10.0. The molecule has 0 atom stereocenters. The zero-order valence-corrected chi connectivity index (χ0v) is 13.0. The first-order valence-corrected chi connectivity index (χ1v) is 6.99. The highest BCUT2D eigenvalue weighted by atomic mass is 79.9. The lowest BCUT2D eigenvalue weighted by Gasteiger charge is -2.08. The minimum Gasteiger partial charge on any atom is -0.496 e. The van der Waals surface area contributed by atoms with Gasteiger partial charge in [0.2, 0.25) is 0 Å². The van der Waals surface area contributed by atoms with Crippen LogP contribution in [0.1, 0.15) is 15.9 Å². The van der Waals surface area contributed by atoms with E-state index in [-0.39, 0.29) is 17.8 Å². The average Bonchev–Trinajstić information content (AvgIpc) is 2.43. The van der Waals surface area contributed by atoms with Gasteiger partial charge in [0.25, 0.3) is 0 Å². The van der Waals surface area contributed by atoms with Gasteiger partial charge in [-0.1, -0.05) is 29.8 Å². The topological polar surface area (TPSA) is 26.3 Å². The number of hydrogen-bond donors (Lipinski definition) is 0. The van der Waals surface area contributed by atoms with Crippen LogP contribution in [0.3, 0.4) is 0 Å². The van der Waals surface area contributed by atoms with Crippen LogP contribution < -0.4 is 4.74 Å². The Hall–Kier alpha value is -1.39. The second kappa shape index (κ2) is 6.37. The Morgan fingerprint density at radius 3 is 2.75 bits per heavy atom. The smallest absolute Gasteiger partial charge is 0.170 e. The summed E-state index contributed by atoms with van der Waals surface area (Å²) < 4.78 is 19.4. The van der Waals surface area contributed by atoms with Crippen molar-refractivity contribution in [1.82, 2.24) is 0 Å². The summed E-state index contributed by atoms with van der Waals surface area (Å²) in [7, 11) is 1.53. The van der Waals surface area contributed by atoms with Crippen LogP contribution in [0, 0.1) is 5.82 Å². The predicted molar refractivity (Wildman–Crippen MR) is 80.1 cm³/mol. The quantitative estimate of drug-likeness (QED) is 0.587. The van der Waals surface area contributed by atoms with Gasteiger partial charge in [-0.15, -0.1) is 0 Å². The number of benzene rings is 2. The monoisotopic (exact) mass is 356 g/mol. The van der Waals surface area contributed by atoms with Crippen molar-refractivity contribution in [3.63, 3.8) is 0 Å². The first-order chi connectivity index (χ1) is 9.52. The SMILES string of the molecule is COc1ccccc1CC(=O)c1cc(Cl)c(Br)cc1F. The average molecular weight is 358 g/mol. The van der Waals surface area contributed by atoms with Crippen LogP contribution in [0.25, 0.3) is 0 Å². The van der Waals surface area contributed by atoms with E-state index in [0.29, 0.717) is 20.8 Å². The summed E-state index contributed by atoms with van der Waals surface area (Å²) >= 11 is 9.02. The van der Waals surface area contributed by atoms with E-state index in [4.69, 9.17) is 16.3 Å². The van der Waals surface area contributed by atoms with Crippen molar-refractivity contribution < 1.29 is 13.9 Å². The number of carbonyl (C=O) groups excluding carboxylic acids is 1. The van der Waals surface area contributed by atoms with Gasteiger partial charge in [0, 0.05) is 16.5 Å². The fourth-order valence-corrected chi connectivity index (χ4v) is 2.33. The highest BCUT2D eigenvalue weighted by Gasteiger charge is 2.16. The summed E-state index contributed by atoms with van der Waals surface area (Å²) in [6, 6.07) is 9.67. The zero-order valence-electron chi connectivity index (χ0n) is 10.6. The second-order valence-corrected chi connectivity index (χ2v) is 5.42. The Labute approximate surface area is 129 Å². The molecule has 0 aromatic heterocycles. The molecular formula is C15H11BrClFO2. The Balaban J connectivity index is 2.31. The van der Waals surface area contributed by atoms with Gasteiger partial charge in [0.05, 0.1) is 17.7 Å². The van der Waals surface area contributed by atoms with E-state index in [9.17, 15) is 9.18 Å². The molecular weight excluding hydrogens is 347 g/mol. The Kier molecular flexibility index (Phi) is 4.78. The number of methoxy groups -OCH3 is 1. The normalized spacial score (nSPS) is 10.4. The first-order valence-electron chi connectivity index (χ1n) is 5.82. The van der Waals surface area contributed by atoms with Gasteiger partial charge in [-0.2, -0.15) is 0 Å². The third-order valence-corrected chi connectivity index (χ3v) is 4.05. The molecule has 5 heteroatoms. The fourth-order valence-electron chi connectivity index (χ4n) is 1.85. The number of carbonyl (C=O) groups is 1. The molecule has 0 N–H and O–H groups in total. The maximum absolute atomic E-state index is 13.8. The van der Waals surface area contributed by atoms with E-state index in [2.05, 4.69) is 15.9 Å². The van der Waals surface area contributed by atoms with Gasteiger partial charge < -0.3 is 4.74 Å². The minimum absolute atomic E-state index is 0.0240. The molecule has 0 bridgehead atoms. The summed E-state index contributed by atoms with van der Waals surface area (Å²) in [6.45, 7) is 0. The molecule has 0 spiro atoms. The van der Waals surface area contributed by atoms with Crippen LogP contribution in [0.5, 0.6) is 5.75 Å². The number of Topliss-reactive ketones (excluding diaryl/α,β-unsaturated/α-hetero) is 1. The van der Waals surface area contributed by atoms with E-state index in [0.717, 1.165) is 0 Å². The lowest BCUT2D eigenvalue weighted by Crippen LogP contribution is -2.07. The van der Waals surface area contributed by atoms with Crippen molar-refractivity contribution in [2.75, 3.05) is 7.11 Å². The molecule has 0 radical (unpaired) electrons. The number of ketones is 1. The first kappa shape index (κ1) is 15.0. The number of ether oxygens (including phenoxy) is 1.